The van der Waals surface area contributed by atoms with E-state index in [0.29, 0.717) is 28.6 Å². The fraction of sp³-hybridized carbons (Fsp3) is 0.111. The number of hydrogen-bond acceptors (Lipinski definition) is 6. The van der Waals surface area contributed by atoms with Gasteiger partial charge in [0.05, 0.1) is 30.5 Å². The molecule has 1 aromatic carbocycles. The van der Waals surface area contributed by atoms with Crippen molar-refractivity contribution in [3.8, 4) is 22.8 Å². The summed E-state index contributed by atoms with van der Waals surface area (Å²) in [5, 5.41) is 8.86. The van der Waals surface area contributed by atoms with Crippen LogP contribution >= 0.6 is 11.3 Å². The smallest absolute Gasteiger partial charge is 0.287 e. The second-order valence-electron chi connectivity index (χ2n) is 5.27. The molecule has 3 N–H and O–H groups in total. The molecule has 0 saturated carbocycles. The van der Waals surface area contributed by atoms with Crippen LogP contribution in [0, 0.1) is 0 Å². The third kappa shape index (κ3) is 3.70. The Hall–Kier alpha value is -3.26. The summed E-state index contributed by atoms with van der Waals surface area (Å²) in [6.45, 7) is 3.89. The number of H-pyrrole nitrogens is 1. The summed E-state index contributed by atoms with van der Waals surface area (Å²) in [5.74, 6) is 0.945. The summed E-state index contributed by atoms with van der Waals surface area (Å²) in [5.41, 5.74) is 7.60. The minimum Gasteiger partial charge on any atom is -0.497 e. The van der Waals surface area contributed by atoms with Gasteiger partial charge in [-0.3, -0.25) is 20.7 Å². The Kier molecular flexibility index (Phi) is 5.23. The lowest BCUT2D eigenvalue weighted by Crippen LogP contribution is -2.35. The average Bonchev–Trinajstić information content (AvgIpc) is 3.37. The Morgan fingerprint density at radius 2 is 2.04 bits per heavy atom. The van der Waals surface area contributed by atoms with E-state index in [1.807, 2.05) is 17.5 Å². The lowest BCUT2D eigenvalue weighted by atomic mass is 10.1. The maximum Gasteiger partial charge on any atom is 0.287 e. The number of rotatable bonds is 7. The SMILES string of the molecule is C=C(NNC(=O)c1cc(-c2cc(OC)ccc2OC)n[nH]1)c1cccs1. The predicted molar refractivity (Wildman–Crippen MR) is 101 cm³/mol. The summed E-state index contributed by atoms with van der Waals surface area (Å²) in [7, 11) is 3.16. The number of amides is 1. The molecule has 0 radical (unpaired) electrons. The van der Waals surface area contributed by atoms with Gasteiger partial charge in [0.2, 0.25) is 0 Å². The molecular weight excluding hydrogens is 352 g/mol. The van der Waals surface area contributed by atoms with Crippen LogP contribution in [-0.2, 0) is 0 Å². The second kappa shape index (κ2) is 7.75. The number of carbonyl (C=O) groups excluding carboxylic acids is 1. The molecule has 2 heterocycles. The average molecular weight is 370 g/mol. The standard InChI is InChI=1S/C18H18N4O3S/c1-11(17-5-4-8-26-17)19-22-18(23)15-10-14(20-21-15)13-9-12(24-2)6-7-16(13)25-3/h4-10,19H,1H2,2-3H3,(H,20,21)(H,22,23). The van der Waals surface area contributed by atoms with E-state index in [9.17, 15) is 4.79 Å². The second-order valence-corrected chi connectivity index (χ2v) is 6.22. The molecule has 3 rings (SSSR count). The third-order valence-electron chi connectivity index (χ3n) is 3.65. The van der Waals surface area contributed by atoms with Gasteiger partial charge in [0, 0.05) is 5.56 Å². The zero-order valence-electron chi connectivity index (χ0n) is 14.3. The van der Waals surface area contributed by atoms with Crippen LogP contribution in [0.15, 0.2) is 48.4 Å². The number of benzene rings is 1. The molecule has 0 fully saturated rings. The normalized spacial score (nSPS) is 10.2. The van der Waals surface area contributed by atoms with Gasteiger partial charge in [-0.05, 0) is 35.7 Å². The van der Waals surface area contributed by atoms with E-state index in [1.54, 1.807) is 38.5 Å². The van der Waals surface area contributed by atoms with E-state index < -0.39 is 0 Å². The summed E-state index contributed by atoms with van der Waals surface area (Å²) in [4.78, 5) is 13.2. The van der Waals surface area contributed by atoms with Crippen LogP contribution in [0.2, 0.25) is 0 Å². The number of methoxy groups -OCH3 is 2. The van der Waals surface area contributed by atoms with Gasteiger partial charge >= 0.3 is 0 Å². The molecule has 0 aliphatic carbocycles. The molecule has 0 atom stereocenters. The highest BCUT2D eigenvalue weighted by molar-refractivity contribution is 7.11. The zero-order chi connectivity index (χ0) is 18.5. The molecule has 1 amide bonds. The minimum absolute atomic E-state index is 0.302. The van der Waals surface area contributed by atoms with Crippen molar-refractivity contribution >= 4 is 22.9 Å². The molecule has 0 aliphatic rings. The Labute approximate surface area is 154 Å². The van der Waals surface area contributed by atoms with Crippen molar-refractivity contribution in [2.75, 3.05) is 14.2 Å². The van der Waals surface area contributed by atoms with Crippen LogP contribution in [0.4, 0.5) is 0 Å². The van der Waals surface area contributed by atoms with E-state index in [1.165, 1.54) is 11.3 Å². The molecule has 0 saturated heterocycles. The quantitative estimate of drug-likeness (QED) is 0.556. The molecule has 0 unspecified atom stereocenters. The van der Waals surface area contributed by atoms with E-state index in [2.05, 4.69) is 27.6 Å². The van der Waals surface area contributed by atoms with Crippen molar-refractivity contribution in [1.29, 1.82) is 0 Å². The highest BCUT2D eigenvalue weighted by Gasteiger charge is 2.15. The fourth-order valence-electron chi connectivity index (χ4n) is 2.30. The largest absolute Gasteiger partial charge is 0.497 e. The third-order valence-corrected chi connectivity index (χ3v) is 4.58. The molecule has 0 spiro atoms. The van der Waals surface area contributed by atoms with Crippen LogP contribution in [0.1, 0.15) is 15.4 Å². The molecular formula is C18H18N4O3S. The number of ether oxygens (including phenoxy) is 2. The Balaban J connectivity index is 1.73. The van der Waals surface area contributed by atoms with Crippen molar-refractivity contribution < 1.29 is 14.3 Å². The van der Waals surface area contributed by atoms with Gasteiger partial charge in [-0.2, -0.15) is 5.10 Å². The number of nitrogens with zero attached hydrogens (tertiary/aromatic N) is 1. The van der Waals surface area contributed by atoms with Crippen LogP contribution in [0.25, 0.3) is 17.0 Å². The first-order valence-electron chi connectivity index (χ1n) is 7.69. The van der Waals surface area contributed by atoms with Gasteiger partial charge in [0.15, 0.2) is 0 Å². The van der Waals surface area contributed by atoms with Gasteiger partial charge in [0.1, 0.15) is 17.2 Å². The van der Waals surface area contributed by atoms with Crippen LogP contribution in [-0.4, -0.2) is 30.3 Å². The first-order chi connectivity index (χ1) is 12.6. The van der Waals surface area contributed by atoms with E-state index in [0.717, 1.165) is 10.4 Å². The highest BCUT2D eigenvalue weighted by Crippen LogP contribution is 2.32. The van der Waals surface area contributed by atoms with Crippen LogP contribution < -0.4 is 20.3 Å². The molecule has 134 valence electrons. The Morgan fingerprint density at radius 1 is 1.19 bits per heavy atom. The van der Waals surface area contributed by atoms with Gasteiger partial charge in [0.25, 0.3) is 5.91 Å². The molecule has 3 aromatic rings. The van der Waals surface area contributed by atoms with Gasteiger partial charge in [-0.25, -0.2) is 0 Å². The Bertz CT molecular complexity index is 918. The first-order valence-corrected chi connectivity index (χ1v) is 8.57. The monoisotopic (exact) mass is 370 g/mol. The van der Waals surface area contributed by atoms with E-state index >= 15 is 0 Å². The number of carbonyl (C=O) groups is 1. The lowest BCUT2D eigenvalue weighted by Gasteiger charge is -2.08. The van der Waals surface area contributed by atoms with Crippen molar-refractivity contribution in [1.82, 2.24) is 21.0 Å². The summed E-state index contributed by atoms with van der Waals surface area (Å²) in [6, 6.07) is 10.8. The number of nitrogens with one attached hydrogen (secondary N) is 3. The van der Waals surface area contributed by atoms with Crippen molar-refractivity contribution in [2.24, 2.45) is 0 Å². The molecule has 0 bridgehead atoms. The summed E-state index contributed by atoms with van der Waals surface area (Å²) in [6.07, 6.45) is 0. The minimum atomic E-state index is -0.358. The summed E-state index contributed by atoms with van der Waals surface area (Å²) >= 11 is 1.53. The lowest BCUT2D eigenvalue weighted by molar-refractivity contribution is 0.0937. The fourth-order valence-corrected chi connectivity index (χ4v) is 2.96. The molecule has 26 heavy (non-hydrogen) atoms. The number of aromatic nitrogens is 2. The van der Waals surface area contributed by atoms with E-state index in [4.69, 9.17) is 9.47 Å². The first kappa shape index (κ1) is 17.6. The van der Waals surface area contributed by atoms with Crippen molar-refractivity contribution in [2.45, 2.75) is 0 Å². The predicted octanol–water partition coefficient (Wildman–Crippen LogP) is 3.06. The molecule has 0 aliphatic heterocycles. The van der Waals surface area contributed by atoms with Gasteiger partial charge in [-0.1, -0.05) is 12.6 Å². The van der Waals surface area contributed by atoms with Crippen LogP contribution in [0.3, 0.4) is 0 Å². The molecule has 7 nitrogen and oxygen atoms in total. The highest BCUT2D eigenvalue weighted by atomic mass is 32.1. The summed E-state index contributed by atoms with van der Waals surface area (Å²) < 4.78 is 10.6. The maximum absolute atomic E-state index is 12.3. The number of hydrogen-bond donors (Lipinski definition) is 3. The van der Waals surface area contributed by atoms with Crippen molar-refractivity contribution in [3.63, 3.8) is 0 Å². The number of aromatic amines is 1. The maximum atomic E-state index is 12.3. The van der Waals surface area contributed by atoms with Gasteiger partial charge < -0.3 is 9.47 Å². The van der Waals surface area contributed by atoms with Gasteiger partial charge in [-0.15, -0.1) is 11.3 Å². The number of thiophene rings is 1. The molecule has 8 heteroatoms. The number of hydrazine groups is 1. The molecule has 2 aromatic heterocycles. The van der Waals surface area contributed by atoms with E-state index in [-0.39, 0.29) is 5.91 Å². The topological polar surface area (TPSA) is 88.3 Å². The van der Waals surface area contributed by atoms with Crippen LogP contribution in [0.5, 0.6) is 11.5 Å². The Morgan fingerprint density at radius 3 is 2.73 bits per heavy atom. The van der Waals surface area contributed by atoms with Crippen molar-refractivity contribution in [3.05, 3.63) is 58.9 Å². The zero-order valence-corrected chi connectivity index (χ0v) is 15.1.